The minimum Gasteiger partial charge on any atom is -0.493 e. The van der Waals surface area contributed by atoms with Crippen LogP contribution >= 0.6 is 11.8 Å². The zero-order valence-electron chi connectivity index (χ0n) is 16.7. The fourth-order valence-electron chi connectivity index (χ4n) is 3.78. The van der Waals surface area contributed by atoms with Crippen LogP contribution in [0.25, 0.3) is 6.08 Å². The van der Waals surface area contributed by atoms with Crippen LogP contribution in [0.4, 0.5) is 4.79 Å². The van der Waals surface area contributed by atoms with Crippen LogP contribution in [0.3, 0.4) is 0 Å². The average Bonchev–Trinajstić information content (AvgIpc) is 3.04. The Hall–Kier alpha value is -2.28. The summed E-state index contributed by atoms with van der Waals surface area (Å²) < 4.78 is 10.8. The minimum atomic E-state index is -0.414. The molecule has 0 aromatic heterocycles. The highest BCUT2D eigenvalue weighted by Crippen LogP contribution is 2.32. The van der Waals surface area contributed by atoms with E-state index in [0.29, 0.717) is 28.4 Å². The summed E-state index contributed by atoms with van der Waals surface area (Å²) in [6, 6.07) is 5.04. The fourth-order valence-corrected chi connectivity index (χ4v) is 4.46. The third-order valence-corrected chi connectivity index (χ3v) is 6.13. The van der Waals surface area contributed by atoms with Gasteiger partial charge in [-0.05, 0) is 47.9 Å². The first-order chi connectivity index (χ1) is 14.0. The summed E-state index contributed by atoms with van der Waals surface area (Å²) in [6.45, 7) is 0. The molecule has 1 aliphatic carbocycles. The normalized spacial score (nSPS) is 18.7. The Morgan fingerprint density at radius 1 is 1.17 bits per heavy atom. The lowest BCUT2D eigenvalue weighted by molar-refractivity contribution is -0.134. The summed E-state index contributed by atoms with van der Waals surface area (Å²) >= 11 is 0.853. The van der Waals surface area contributed by atoms with Crippen molar-refractivity contribution < 1.29 is 23.9 Å². The molecule has 7 heteroatoms. The Balaban J connectivity index is 1.50. The Bertz CT molecular complexity index is 798. The van der Waals surface area contributed by atoms with Crippen molar-refractivity contribution in [2.45, 2.75) is 57.8 Å². The number of imide groups is 1. The van der Waals surface area contributed by atoms with Crippen molar-refractivity contribution in [1.82, 2.24) is 5.32 Å². The molecule has 2 amide bonds. The molecule has 0 unspecified atom stereocenters. The minimum absolute atomic E-state index is 0.269. The van der Waals surface area contributed by atoms with Gasteiger partial charge in [-0.1, -0.05) is 51.0 Å². The number of esters is 1. The number of rotatable bonds is 8. The van der Waals surface area contributed by atoms with Crippen LogP contribution in [0, 0.1) is 5.92 Å². The van der Waals surface area contributed by atoms with Gasteiger partial charge in [0.2, 0.25) is 0 Å². The van der Waals surface area contributed by atoms with Gasteiger partial charge in [0, 0.05) is 6.42 Å². The molecule has 0 radical (unpaired) electrons. The molecular formula is C22H27NO5S. The summed E-state index contributed by atoms with van der Waals surface area (Å²) in [4.78, 5) is 35.4. The first-order valence-electron chi connectivity index (χ1n) is 10.2. The van der Waals surface area contributed by atoms with E-state index in [1.54, 1.807) is 24.3 Å². The molecule has 0 spiro atoms. The first kappa shape index (κ1) is 21.4. The number of ether oxygens (including phenoxy) is 2. The van der Waals surface area contributed by atoms with Gasteiger partial charge in [-0.15, -0.1) is 0 Å². The topological polar surface area (TPSA) is 81.7 Å². The van der Waals surface area contributed by atoms with Crippen molar-refractivity contribution in [3.63, 3.8) is 0 Å². The zero-order chi connectivity index (χ0) is 20.6. The van der Waals surface area contributed by atoms with Crippen LogP contribution in [0.15, 0.2) is 23.1 Å². The quantitative estimate of drug-likeness (QED) is 0.275. The summed E-state index contributed by atoms with van der Waals surface area (Å²) in [5.41, 5.74) is 0.682. The summed E-state index contributed by atoms with van der Waals surface area (Å²) in [5, 5.41) is 1.83. The lowest BCUT2D eigenvalue weighted by Crippen LogP contribution is -2.17. The highest BCUT2D eigenvalue weighted by Gasteiger charge is 2.25. The van der Waals surface area contributed by atoms with Crippen molar-refractivity contribution in [1.29, 1.82) is 0 Å². The van der Waals surface area contributed by atoms with Crippen LogP contribution in [0.2, 0.25) is 0 Å². The van der Waals surface area contributed by atoms with Crippen LogP contribution in [0.5, 0.6) is 11.5 Å². The molecule has 1 aromatic rings. The van der Waals surface area contributed by atoms with Crippen LogP contribution in [0.1, 0.15) is 63.4 Å². The predicted octanol–water partition coefficient (Wildman–Crippen LogP) is 5.07. The number of benzene rings is 1. The van der Waals surface area contributed by atoms with E-state index in [0.717, 1.165) is 30.5 Å². The number of carbonyl (C=O) groups is 3. The van der Waals surface area contributed by atoms with E-state index in [1.165, 1.54) is 45.6 Å². The molecular weight excluding hydrogens is 390 g/mol. The van der Waals surface area contributed by atoms with E-state index in [-0.39, 0.29) is 11.2 Å². The number of hydrogen-bond donors (Lipinski definition) is 1. The average molecular weight is 418 g/mol. The third-order valence-electron chi connectivity index (χ3n) is 5.32. The van der Waals surface area contributed by atoms with E-state index in [4.69, 9.17) is 9.47 Å². The van der Waals surface area contributed by atoms with Gasteiger partial charge in [0.15, 0.2) is 11.5 Å². The van der Waals surface area contributed by atoms with Gasteiger partial charge in [0.1, 0.15) is 0 Å². The van der Waals surface area contributed by atoms with Crippen LogP contribution < -0.4 is 14.8 Å². The van der Waals surface area contributed by atoms with Crippen molar-refractivity contribution in [3.05, 3.63) is 28.7 Å². The highest BCUT2D eigenvalue weighted by molar-refractivity contribution is 8.18. The molecule has 3 rings (SSSR count). The van der Waals surface area contributed by atoms with E-state index in [2.05, 4.69) is 5.32 Å². The molecule has 2 aliphatic rings. The number of carbonyl (C=O) groups excluding carboxylic acids is 3. The lowest BCUT2D eigenvalue weighted by atomic mass is 9.86. The fraction of sp³-hybridized carbons (Fsp3) is 0.500. The van der Waals surface area contributed by atoms with Gasteiger partial charge in [-0.25, -0.2) is 0 Å². The Kier molecular flexibility index (Phi) is 7.75. The zero-order valence-corrected chi connectivity index (χ0v) is 17.5. The molecule has 1 aromatic carbocycles. The van der Waals surface area contributed by atoms with Gasteiger partial charge >= 0.3 is 5.97 Å². The Morgan fingerprint density at radius 2 is 1.97 bits per heavy atom. The molecule has 0 bridgehead atoms. The largest absolute Gasteiger partial charge is 0.493 e. The SMILES string of the molecule is COc1cc(/C=C2\SC(=O)NC2=O)ccc1OC(=O)CCCCC1CCCCC1. The second kappa shape index (κ2) is 10.5. The van der Waals surface area contributed by atoms with Crippen LogP contribution in [-0.4, -0.2) is 24.2 Å². The standard InChI is InChI=1S/C22H27NO5S/c1-27-18-13-16(14-19-21(25)23-22(26)29-19)11-12-17(18)28-20(24)10-6-5-9-15-7-3-2-4-8-15/h11-15H,2-10H2,1H3,(H,23,25,26)/b19-14-. The molecule has 2 fully saturated rings. The second-order valence-electron chi connectivity index (χ2n) is 7.49. The van der Waals surface area contributed by atoms with Gasteiger partial charge in [0.25, 0.3) is 11.1 Å². The maximum absolute atomic E-state index is 12.2. The number of nitrogens with one attached hydrogen (secondary N) is 1. The summed E-state index contributed by atoms with van der Waals surface area (Å²) in [6.07, 6.45) is 11.8. The van der Waals surface area contributed by atoms with E-state index in [1.807, 2.05) is 0 Å². The van der Waals surface area contributed by atoms with E-state index < -0.39 is 5.91 Å². The maximum atomic E-state index is 12.2. The van der Waals surface area contributed by atoms with Gasteiger partial charge in [-0.3, -0.25) is 19.7 Å². The number of amides is 2. The first-order valence-corrected chi connectivity index (χ1v) is 11.0. The Morgan fingerprint density at radius 3 is 2.66 bits per heavy atom. The third kappa shape index (κ3) is 6.35. The second-order valence-corrected chi connectivity index (χ2v) is 8.50. The smallest absolute Gasteiger partial charge is 0.311 e. The monoisotopic (exact) mass is 417 g/mol. The predicted molar refractivity (Wildman–Crippen MR) is 113 cm³/mol. The lowest BCUT2D eigenvalue weighted by Gasteiger charge is -2.21. The number of methoxy groups -OCH3 is 1. The molecule has 1 heterocycles. The van der Waals surface area contributed by atoms with Gasteiger partial charge < -0.3 is 9.47 Å². The Labute approximate surface area is 175 Å². The van der Waals surface area contributed by atoms with Crippen molar-refractivity contribution in [2.24, 2.45) is 5.92 Å². The van der Waals surface area contributed by atoms with E-state index >= 15 is 0 Å². The van der Waals surface area contributed by atoms with Gasteiger partial charge in [-0.2, -0.15) is 0 Å². The number of hydrogen-bond acceptors (Lipinski definition) is 6. The van der Waals surface area contributed by atoms with Crippen molar-refractivity contribution in [2.75, 3.05) is 7.11 Å². The van der Waals surface area contributed by atoms with E-state index in [9.17, 15) is 14.4 Å². The molecule has 6 nitrogen and oxygen atoms in total. The number of thioether (sulfide) groups is 1. The van der Waals surface area contributed by atoms with Gasteiger partial charge in [0.05, 0.1) is 12.0 Å². The summed E-state index contributed by atoms with van der Waals surface area (Å²) in [7, 11) is 1.49. The molecule has 156 valence electrons. The molecule has 1 saturated carbocycles. The summed E-state index contributed by atoms with van der Waals surface area (Å²) in [5.74, 6) is 0.908. The number of unbranched alkanes of at least 4 members (excludes halogenated alkanes) is 1. The van der Waals surface area contributed by atoms with Crippen molar-refractivity contribution in [3.8, 4) is 11.5 Å². The molecule has 1 aliphatic heterocycles. The molecule has 1 N–H and O–H groups in total. The van der Waals surface area contributed by atoms with Crippen molar-refractivity contribution >= 4 is 35.0 Å². The molecule has 0 atom stereocenters. The molecule has 29 heavy (non-hydrogen) atoms. The molecule has 1 saturated heterocycles. The highest BCUT2D eigenvalue weighted by atomic mass is 32.2. The maximum Gasteiger partial charge on any atom is 0.311 e. The van der Waals surface area contributed by atoms with Crippen LogP contribution in [-0.2, 0) is 9.59 Å².